The van der Waals surface area contributed by atoms with Gasteiger partial charge in [0.25, 0.3) is 0 Å². The first-order chi connectivity index (χ1) is 8.56. The van der Waals surface area contributed by atoms with Crippen LogP contribution in [0.2, 0.25) is 5.02 Å². The number of nitrogen functional groups attached to an aromatic ring is 1. The molecule has 0 radical (unpaired) electrons. The Kier molecular flexibility index (Phi) is 4.09. The van der Waals surface area contributed by atoms with Crippen LogP contribution >= 0.6 is 11.6 Å². The molecule has 0 aromatic heterocycles. The first kappa shape index (κ1) is 13.2. The predicted octanol–water partition coefficient (Wildman–Crippen LogP) is 1.59. The number of nitrogens with zero attached hydrogens (tertiary/aromatic N) is 2. The van der Waals surface area contributed by atoms with Gasteiger partial charge >= 0.3 is 0 Å². The molecule has 1 aliphatic heterocycles. The average molecular weight is 268 g/mol. The van der Waals surface area contributed by atoms with Gasteiger partial charge < -0.3 is 10.6 Å². The molecular weight excluding hydrogens is 250 g/mol. The minimum absolute atomic E-state index is 0.153. The van der Waals surface area contributed by atoms with E-state index < -0.39 is 0 Å². The average Bonchev–Trinajstić information content (AvgIpc) is 2.33. The van der Waals surface area contributed by atoms with Crippen LogP contribution in [-0.2, 0) is 11.3 Å². The fourth-order valence-corrected chi connectivity index (χ4v) is 2.35. The fourth-order valence-electron chi connectivity index (χ4n) is 2.17. The third-order valence-corrected chi connectivity index (χ3v) is 3.55. The van der Waals surface area contributed by atoms with Gasteiger partial charge in [0.2, 0.25) is 5.91 Å². The predicted molar refractivity (Wildman–Crippen MR) is 73.4 cm³/mol. The van der Waals surface area contributed by atoms with Crippen LogP contribution in [0.25, 0.3) is 0 Å². The molecule has 2 N–H and O–H groups in total. The molecule has 1 amide bonds. The molecule has 5 heteroatoms. The van der Waals surface area contributed by atoms with Gasteiger partial charge in [-0.25, -0.2) is 0 Å². The first-order valence-corrected chi connectivity index (χ1v) is 6.46. The van der Waals surface area contributed by atoms with Gasteiger partial charge in [-0.15, -0.1) is 0 Å². The van der Waals surface area contributed by atoms with E-state index in [9.17, 15) is 4.79 Å². The number of hydrogen-bond acceptors (Lipinski definition) is 3. The molecule has 1 fully saturated rings. The van der Waals surface area contributed by atoms with Gasteiger partial charge in [-0.1, -0.05) is 17.7 Å². The molecule has 0 atom stereocenters. The monoisotopic (exact) mass is 267 g/mol. The largest absolute Gasteiger partial charge is 0.398 e. The summed E-state index contributed by atoms with van der Waals surface area (Å²) in [5.74, 6) is 0.153. The fraction of sp³-hybridized carbons (Fsp3) is 0.462. The molecule has 4 nitrogen and oxygen atoms in total. The Morgan fingerprint density at radius 1 is 1.33 bits per heavy atom. The van der Waals surface area contributed by atoms with Crippen molar-refractivity contribution in [3.05, 3.63) is 28.8 Å². The van der Waals surface area contributed by atoms with Crippen LogP contribution in [0, 0.1) is 0 Å². The molecule has 1 aliphatic rings. The first-order valence-electron chi connectivity index (χ1n) is 6.08. The van der Waals surface area contributed by atoms with Crippen molar-refractivity contribution in [2.24, 2.45) is 0 Å². The summed E-state index contributed by atoms with van der Waals surface area (Å²) < 4.78 is 0. The molecular formula is C13H18ClN3O. The Labute approximate surface area is 112 Å². The summed E-state index contributed by atoms with van der Waals surface area (Å²) in [6.07, 6.45) is 0. The lowest BCUT2D eigenvalue weighted by molar-refractivity contribution is -0.130. The van der Waals surface area contributed by atoms with Gasteiger partial charge in [0, 0.05) is 50.4 Å². The van der Waals surface area contributed by atoms with Crippen molar-refractivity contribution in [1.82, 2.24) is 9.80 Å². The number of anilines is 1. The van der Waals surface area contributed by atoms with E-state index in [4.69, 9.17) is 17.3 Å². The van der Waals surface area contributed by atoms with Gasteiger partial charge in [-0.3, -0.25) is 9.69 Å². The molecule has 1 aromatic carbocycles. The highest BCUT2D eigenvalue weighted by Gasteiger charge is 2.18. The van der Waals surface area contributed by atoms with Crippen molar-refractivity contribution >= 4 is 23.2 Å². The molecule has 2 rings (SSSR count). The van der Waals surface area contributed by atoms with Crippen LogP contribution < -0.4 is 5.73 Å². The van der Waals surface area contributed by atoms with E-state index in [0.29, 0.717) is 5.02 Å². The number of carbonyl (C=O) groups is 1. The number of benzene rings is 1. The maximum absolute atomic E-state index is 11.2. The van der Waals surface area contributed by atoms with E-state index in [1.165, 1.54) is 0 Å². The Bertz CT molecular complexity index is 442. The highest BCUT2D eigenvalue weighted by atomic mass is 35.5. The molecule has 1 heterocycles. The van der Waals surface area contributed by atoms with E-state index in [0.717, 1.165) is 44.0 Å². The molecule has 0 saturated carbocycles. The minimum atomic E-state index is 0.153. The van der Waals surface area contributed by atoms with Crippen molar-refractivity contribution in [3.63, 3.8) is 0 Å². The Morgan fingerprint density at radius 2 is 2.00 bits per heavy atom. The maximum atomic E-state index is 11.2. The van der Waals surface area contributed by atoms with E-state index in [1.807, 2.05) is 17.0 Å². The van der Waals surface area contributed by atoms with Crippen molar-refractivity contribution in [2.45, 2.75) is 13.5 Å². The second kappa shape index (κ2) is 5.59. The third kappa shape index (κ3) is 3.15. The maximum Gasteiger partial charge on any atom is 0.219 e. The van der Waals surface area contributed by atoms with Gasteiger partial charge in [0.15, 0.2) is 0 Å². The zero-order chi connectivity index (χ0) is 13.1. The van der Waals surface area contributed by atoms with Crippen LogP contribution in [0.5, 0.6) is 0 Å². The summed E-state index contributed by atoms with van der Waals surface area (Å²) in [4.78, 5) is 15.4. The Balaban J connectivity index is 1.93. The van der Waals surface area contributed by atoms with Gasteiger partial charge in [-0.05, 0) is 17.7 Å². The smallest absolute Gasteiger partial charge is 0.219 e. The lowest BCUT2D eigenvalue weighted by Crippen LogP contribution is -2.47. The lowest BCUT2D eigenvalue weighted by Gasteiger charge is -2.34. The van der Waals surface area contributed by atoms with E-state index in [2.05, 4.69) is 4.90 Å². The zero-order valence-electron chi connectivity index (χ0n) is 10.5. The van der Waals surface area contributed by atoms with Crippen molar-refractivity contribution < 1.29 is 4.79 Å². The highest BCUT2D eigenvalue weighted by Crippen LogP contribution is 2.20. The minimum Gasteiger partial charge on any atom is -0.398 e. The highest BCUT2D eigenvalue weighted by molar-refractivity contribution is 6.30. The zero-order valence-corrected chi connectivity index (χ0v) is 11.3. The van der Waals surface area contributed by atoms with Crippen molar-refractivity contribution in [2.75, 3.05) is 31.9 Å². The number of amides is 1. The normalized spacial score (nSPS) is 16.9. The molecule has 1 aromatic rings. The Hall–Kier alpha value is -1.26. The van der Waals surface area contributed by atoms with Crippen LogP contribution in [0.1, 0.15) is 12.5 Å². The number of rotatable bonds is 2. The topological polar surface area (TPSA) is 49.6 Å². The van der Waals surface area contributed by atoms with E-state index in [-0.39, 0.29) is 5.91 Å². The molecule has 0 aliphatic carbocycles. The number of piperazine rings is 1. The SMILES string of the molecule is CC(=O)N1CCN(Cc2ccc(Cl)cc2N)CC1. The standard InChI is InChI=1S/C13H18ClN3O/c1-10(18)17-6-4-16(5-7-17)9-11-2-3-12(14)8-13(11)15/h2-3,8H,4-7,9,15H2,1H3. The van der Waals surface area contributed by atoms with Crippen molar-refractivity contribution in [1.29, 1.82) is 0 Å². The number of carbonyl (C=O) groups excluding carboxylic acids is 1. The van der Waals surface area contributed by atoms with E-state index >= 15 is 0 Å². The molecule has 0 unspecified atom stereocenters. The molecule has 1 saturated heterocycles. The van der Waals surface area contributed by atoms with Crippen LogP contribution in [0.3, 0.4) is 0 Å². The van der Waals surface area contributed by atoms with Gasteiger partial charge in [-0.2, -0.15) is 0 Å². The molecule has 0 spiro atoms. The summed E-state index contributed by atoms with van der Waals surface area (Å²) in [5.41, 5.74) is 7.76. The summed E-state index contributed by atoms with van der Waals surface area (Å²) in [7, 11) is 0. The molecule has 18 heavy (non-hydrogen) atoms. The summed E-state index contributed by atoms with van der Waals surface area (Å²) in [6, 6.07) is 5.61. The summed E-state index contributed by atoms with van der Waals surface area (Å²) >= 11 is 5.88. The van der Waals surface area contributed by atoms with Crippen molar-refractivity contribution in [3.8, 4) is 0 Å². The van der Waals surface area contributed by atoms with Gasteiger partial charge in [0.05, 0.1) is 0 Å². The quantitative estimate of drug-likeness (QED) is 0.828. The van der Waals surface area contributed by atoms with Crippen LogP contribution in [-0.4, -0.2) is 41.9 Å². The number of nitrogens with two attached hydrogens (primary N) is 1. The summed E-state index contributed by atoms with van der Waals surface area (Å²) in [5, 5.41) is 0.664. The second-order valence-corrected chi connectivity index (χ2v) is 5.06. The van der Waals surface area contributed by atoms with Gasteiger partial charge in [0.1, 0.15) is 0 Å². The molecule has 98 valence electrons. The number of halogens is 1. The third-order valence-electron chi connectivity index (χ3n) is 3.32. The molecule has 0 bridgehead atoms. The van der Waals surface area contributed by atoms with Crippen LogP contribution in [0.15, 0.2) is 18.2 Å². The van der Waals surface area contributed by atoms with E-state index in [1.54, 1.807) is 13.0 Å². The number of hydrogen-bond donors (Lipinski definition) is 1. The Morgan fingerprint density at radius 3 is 2.56 bits per heavy atom. The lowest BCUT2D eigenvalue weighted by atomic mass is 10.1. The second-order valence-electron chi connectivity index (χ2n) is 4.63. The summed E-state index contributed by atoms with van der Waals surface area (Å²) in [6.45, 7) is 5.80. The van der Waals surface area contributed by atoms with Crippen LogP contribution in [0.4, 0.5) is 5.69 Å².